The van der Waals surface area contributed by atoms with Gasteiger partial charge in [0.25, 0.3) is 5.56 Å². The molecule has 0 spiro atoms. The van der Waals surface area contributed by atoms with E-state index in [1.807, 2.05) is 26.0 Å². The maximum atomic E-state index is 12.7. The predicted molar refractivity (Wildman–Crippen MR) is 119 cm³/mol. The summed E-state index contributed by atoms with van der Waals surface area (Å²) >= 11 is 0. The van der Waals surface area contributed by atoms with Gasteiger partial charge < -0.3 is 9.80 Å². The van der Waals surface area contributed by atoms with Gasteiger partial charge >= 0.3 is 0 Å². The molecule has 1 aliphatic heterocycles. The van der Waals surface area contributed by atoms with Gasteiger partial charge in [0.1, 0.15) is 12.1 Å². The van der Waals surface area contributed by atoms with Crippen LogP contribution in [-0.4, -0.2) is 45.7 Å². The van der Waals surface area contributed by atoms with E-state index in [1.165, 1.54) is 24.1 Å². The van der Waals surface area contributed by atoms with E-state index in [9.17, 15) is 4.79 Å². The van der Waals surface area contributed by atoms with Crippen molar-refractivity contribution in [2.24, 2.45) is 0 Å². The second-order valence-corrected chi connectivity index (χ2v) is 8.56. The molecule has 3 aromatic rings. The molecule has 0 unspecified atom stereocenters. The molecule has 1 saturated heterocycles. The first kappa shape index (κ1) is 19.0. The summed E-state index contributed by atoms with van der Waals surface area (Å²) in [6.45, 7) is 7.71. The van der Waals surface area contributed by atoms with Crippen LogP contribution in [0, 0.1) is 0 Å². The third kappa shape index (κ3) is 3.32. The van der Waals surface area contributed by atoms with E-state index in [-0.39, 0.29) is 11.6 Å². The maximum absolute atomic E-state index is 12.7. The van der Waals surface area contributed by atoms with Crippen molar-refractivity contribution in [3.05, 3.63) is 52.5 Å². The Morgan fingerprint density at radius 1 is 0.933 bits per heavy atom. The van der Waals surface area contributed by atoms with Crippen LogP contribution in [0.4, 0.5) is 11.5 Å². The minimum atomic E-state index is 0.0277. The van der Waals surface area contributed by atoms with Crippen molar-refractivity contribution in [2.75, 3.05) is 36.0 Å². The van der Waals surface area contributed by atoms with E-state index in [0.29, 0.717) is 5.39 Å². The van der Waals surface area contributed by atoms with Gasteiger partial charge in [-0.25, -0.2) is 15.0 Å². The Balaban J connectivity index is 1.35. The highest BCUT2D eigenvalue weighted by Crippen LogP contribution is 2.28. The summed E-state index contributed by atoms with van der Waals surface area (Å²) in [5.41, 5.74) is 4.51. The van der Waals surface area contributed by atoms with Crippen LogP contribution in [0.15, 0.2) is 35.6 Å². The van der Waals surface area contributed by atoms with Gasteiger partial charge in [-0.2, -0.15) is 0 Å². The first-order valence-electron chi connectivity index (χ1n) is 11.0. The Morgan fingerprint density at radius 2 is 1.70 bits per heavy atom. The van der Waals surface area contributed by atoms with E-state index in [0.717, 1.165) is 56.0 Å². The Hall–Kier alpha value is -2.96. The molecule has 3 heterocycles. The Labute approximate surface area is 176 Å². The highest BCUT2D eigenvalue weighted by Gasteiger charge is 2.24. The molecule has 2 aliphatic rings. The van der Waals surface area contributed by atoms with Crippen molar-refractivity contribution >= 4 is 22.4 Å². The Bertz CT molecular complexity index is 1130. The van der Waals surface area contributed by atoms with E-state index >= 15 is 0 Å². The number of nitrogens with zero attached hydrogens (tertiary/aromatic N) is 6. The first-order chi connectivity index (χ1) is 14.6. The molecule has 0 radical (unpaired) electrons. The molecule has 7 heteroatoms. The topological polar surface area (TPSA) is 67.2 Å². The molecule has 1 aromatic carbocycles. The molecule has 1 fully saturated rings. The minimum absolute atomic E-state index is 0.0277. The number of hydrogen-bond acceptors (Lipinski definition) is 6. The summed E-state index contributed by atoms with van der Waals surface area (Å²) in [5.74, 6) is 1.13. The largest absolute Gasteiger partial charge is 0.368 e. The van der Waals surface area contributed by atoms with Gasteiger partial charge in [-0.15, -0.1) is 0 Å². The Kier molecular flexibility index (Phi) is 4.89. The third-order valence-electron chi connectivity index (χ3n) is 6.37. The van der Waals surface area contributed by atoms with Crippen molar-refractivity contribution in [3.63, 3.8) is 0 Å². The zero-order valence-electron chi connectivity index (χ0n) is 17.7. The highest BCUT2D eigenvalue weighted by atomic mass is 16.1. The number of fused-ring (bicyclic) bond motifs is 2. The van der Waals surface area contributed by atoms with E-state index < -0.39 is 0 Å². The average Bonchev–Trinajstić information content (AvgIpc) is 2.78. The summed E-state index contributed by atoms with van der Waals surface area (Å²) in [6, 6.07) is 6.13. The predicted octanol–water partition coefficient (Wildman–Crippen LogP) is 2.97. The van der Waals surface area contributed by atoms with Crippen LogP contribution in [0.2, 0.25) is 0 Å². The van der Waals surface area contributed by atoms with Gasteiger partial charge in [0, 0.05) is 49.2 Å². The highest BCUT2D eigenvalue weighted by molar-refractivity contribution is 5.81. The molecular formula is C23H28N6O. The fourth-order valence-electron chi connectivity index (χ4n) is 4.64. The second kappa shape index (κ2) is 7.70. The third-order valence-corrected chi connectivity index (χ3v) is 6.37. The van der Waals surface area contributed by atoms with Gasteiger partial charge in [-0.3, -0.25) is 9.36 Å². The van der Waals surface area contributed by atoms with Crippen molar-refractivity contribution in [2.45, 2.75) is 45.6 Å². The monoisotopic (exact) mass is 404 g/mol. The van der Waals surface area contributed by atoms with Gasteiger partial charge in [0.05, 0.1) is 17.2 Å². The van der Waals surface area contributed by atoms with Crippen molar-refractivity contribution in [1.29, 1.82) is 0 Å². The molecular weight excluding hydrogens is 376 g/mol. The Morgan fingerprint density at radius 3 is 2.50 bits per heavy atom. The smallest absolute Gasteiger partial charge is 0.261 e. The number of aryl methyl sites for hydroxylation is 1. The number of aromatic nitrogens is 4. The first-order valence-corrected chi connectivity index (χ1v) is 11.0. The van der Waals surface area contributed by atoms with E-state index in [2.05, 4.69) is 30.8 Å². The van der Waals surface area contributed by atoms with Crippen LogP contribution in [0.3, 0.4) is 0 Å². The summed E-state index contributed by atoms with van der Waals surface area (Å²) in [7, 11) is 0. The van der Waals surface area contributed by atoms with Crippen LogP contribution in [0.1, 0.15) is 44.0 Å². The number of hydrogen-bond donors (Lipinski definition) is 0. The molecule has 2 aromatic heterocycles. The lowest BCUT2D eigenvalue weighted by Crippen LogP contribution is -2.47. The molecule has 0 amide bonds. The quantitative estimate of drug-likeness (QED) is 0.669. The van der Waals surface area contributed by atoms with Crippen LogP contribution in [-0.2, 0) is 12.8 Å². The standard InChI is InChI=1S/C23H28N6O/c1-16(2)29-15-26-21-13-17(7-8-19(21)23(29)30)27-9-11-28(12-10-27)22-18-5-3-4-6-20(18)24-14-25-22/h7-8,13-16H,3-6,9-12H2,1-2H3. The fraction of sp³-hybridized carbons (Fsp3) is 0.478. The molecule has 0 N–H and O–H groups in total. The molecule has 0 atom stereocenters. The minimum Gasteiger partial charge on any atom is -0.368 e. The lowest BCUT2D eigenvalue weighted by atomic mass is 9.96. The van der Waals surface area contributed by atoms with E-state index in [4.69, 9.17) is 0 Å². The molecule has 0 bridgehead atoms. The number of anilines is 2. The lowest BCUT2D eigenvalue weighted by Gasteiger charge is -2.38. The maximum Gasteiger partial charge on any atom is 0.261 e. The normalized spacial score (nSPS) is 16.9. The molecule has 1 aliphatic carbocycles. The molecule has 5 rings (SSSR count). The number of benzene rings is 1. The van der Waals surface area contributed by atoms with Gasteiger partial charge in [-0.1, -0.05) is 0 Å². The fourth-order valence-corrected chi connectivity index (χ4v) is 4.64. The van der Waals surface area contributed by atoms with Crippen molar-refractivity contribution < 1.29 is 0 Å². The zero-order chi connectivity index (χ0) is 20.7. The summed E-state index contributed by atoms with van der Waals surface area (Å²) in [5, 5.41) is 0.682. The van der Waals surface area contributed by atoms with Crippen LogP contribution in [0.25, 0.3) is 10.9 Å². The average molecular weight is 405 g/mol. The number of piperazine rings is 1. The zero-order valence-corrected chi connectivity index (χ0v) is 17.7. The van der Waals surface area contributed by atoms with Crippen LogP contribution >= 0.6 is 0 Å². The molecule has 7 nitrogen and oxygen atoms in total. The molecule has 0 saturated carbocycles. The van der Waals surface area contributed by atoms with E-state index in [1.54, 1.807) is 17.2 Å². The SMILES string of the molecule is CC(C)n1cnc2cc(N3CCN(c4ncnc5c4CCCC5)CC3)ccc2c1=O. The van der Waals surface area contributed by atoms with Gasteiger partial charge in [0.2, 0.25) is 0 Å². The summed E-state index contributed by atoms with van der Waals surface area (Å²) < 4.78 is 1.68. The van der Waals surface area contributed by atoms with Crippen LogP contribution in [0.5, 0.6) is 0 Å². The van der Waals surface area contributed by atoms with Crippen LogP contribution < -0.4 is 15.4 Å². The molecule has 30 heavy (non-hydrogen) atoms. The lowest BCUT2D eigenvalue weighted by molar-refractivity contribution is 0.573. The van der Waals surface area contributed by atoms with Crippen molar-refractivity contribution in [1.82, 2.24) is 19.5 Å². The molecule has 156 valence electrons. The van der Waals surface area contributed by atoms with Gasteiger partial charge in [-0.05, 0) is 57.7 Å². The van der Waals surface area contributed by atoms with Crippen molar-refractivity contribution in [3.8, 4) is 0 Å². The summed E-state index contributed by atoms with van der Waals surface area (Å²) in [4.78, 5) is 31.1. The van der Waals surface area contributed by atoms with Gasteiger partial charge in [0.15, 0.2) is 0 Å². The summed E-state index contributed by atoms with van der Waals surface area (Å²) in [6.07, 6.45) is 8.02. The second-order valence-electron chi connectivity index (χ2n) is 8.56. The number of rotatable bonds is 3.